The van der Waals surface area contributed by atoms with Crippen LogP contribution >= 0.6 is 11.8 Å². The minimum atomic E-state index is -0.152. The predicted molar refractivity (Wildman–Crippen MR) is 59.8 cm³/mol. The molecule has 1 heterocycles. The molecule has 1 rings (SSSR count). The van der Waals surface area contributed by atoms with Gasteiger partial charge in [-0.05, 0) is 18.4 Å². The van der Waals surface area contributed by atoms with Crippen molar-refractivity contribution in [1.29, 1.82) is 0 Å². The molecule has 86 valence electrons. The third-order valence-electron chi connectivity index (χ3n) is 1.96. The summed E-state index contributed by atoms with van der Waals surface area (Å²) in [6.07, 6.45) is 3.56. The van der Waals surface area contributed by atoms with Crippen molar-refractivity contribution < 1.29 is 9.26 Å². The van der Waals surface area contributed by atoms with Crippen LogP contribution in [0.3, 0.4) is 0 Å². The number of ether oxygens (including phenoxy) is 1. The van der Waals surface area contributed by atoms with Crippen molar-refractivity contribution in [1.82, 2.24) is 10.1 Å². The number of aromatic nitrogens is 2. The molecule has 0 fully saturated rings. The molecule has 0 saturated heterocycles. The van der Waals surface area contributed by atoms with E-state index in [0.29, 0.717) is 24.7 Å². The van der Waals surface area contributed by atoms with Crippen molar-refractivity contribution in [2.24, 2.45) is 5.73 Å². The van der Waals surface area contributed by atoms with Gasteiger partial charge in [0, 0.05) is 13.5 Å². The Morgan fingerprint density at radius 3 is 3.07 bits per heavy atom. The average Bonchev–Trinajstić information content (AvgIpc) is 2.71. The highest BCUT2D eigenvalue weighted by molar-refractivity contribution is 7.98. The normalized spacial score (nSPS) is 13.0. The Labute approximate surface area is 93.7 Å². The van der Waals surface area contributed by atoms with Crippen LogP contribution in [0.1, 0.15) is 24.2 Å². The maximum Gasteiger partial charge on any atom is 0.243 e. The van der Waals surface area contributed by atoms with E-state index in [1.165, 1.54) is 0 Å². The Kier molecular flexibility index (Phi) is 5.67. The number of nitrogens with two attached hydrogens (primary N) is 1. The maximum atomic E-state index is 5.88. The van der Waals surface area contributed by atoms with E-state index in [9.17, 15) is 0 Å². The fourth-order valence-electron chi connectivity index (χ4n) is 1.08. The number of rotatable bonds is 7. The molecule has 0 aliphatic heterocycles. The van der Waals surface area contributed by atoms with Gasteiger partial charge in [-0.3, -0.25) is 0 Å². The summed E-state index contributed by atoms with van der Waals surface area (Å²) in [5, 5.41) is 3.83. The van der Waals surface area contributed by atoms with Crippen LogP contribution in [0.25, 0.3) is 0 Å². The van der Waals surface area contributed by atoms with Gasteiger partial charge in [0.1, 0.15) is 0 Å². The Balaban J connectivity index is 2.43. The monoisotopic (exact) mass is 231 g/mol. The summed E-state index contributed by atoms with van der Waals surface area (Å²) in [6.45, 7) is 0.596. The van der Waals surface area contributed by atoms with Crippen molar-refractivity contribution in [2.75, 3.05) is 25.7 Å². The lowest BCUT2D eigenvalue weighted by molar-refractivity contribution is 0.199. The molecular weight excluding hydrogens is 214 g/mol. The van der Waals surface area contributed by atoms with Crippen LogP contribution in [0, 0.1) is 0 Å². The van der Waals surface area contributed by atoms with Crippen LogP contribution < -0.4 is 5.73 Å². The van der Waals surface area contributed by atoms with Gasteiger partial charge in [0.15, 0.2) is 5.82 Å². The molecule has 0 radical (unpaired) electrons. The molecule has 1 aromatic rings. The van der Waals surface area contributed by atoms with Gasteiger partial charge in [-0.15, -0.1) is 0 Å². The fraction of sp³-hybridized carbons (Fsp3) is 0.778. The van der Waals surface area contributed by atoms with Crippen LogP contribution in [-0.4, -0.2) is 35.9 Å². The summed E-state index contributed by atoms with van der Waals surface area (Å²) >= 11 is 1.76. The number of hydrogen-bond donors (Lipinski definition) is 1. The van der Waals surface area contributed by atoms with Crippen LogP contribution in [0.15, 0.2) is 4.52 Å². The zero-order chi connectivity index (χ0) is 11.1. The van der Waals surface area contributed by atoms with Crippen LogP contribution in [-0.2, 0) is 11.2 Å². The topological polar surface area (TPSA) is 74.2 Å². The van der Waals surface area contributed by atoms with E-state index in [4.69, 9.17) is 15.0 Å². The van der Waals surface area contributed by atoms with Gasteiger partial charge in [0.05, 0.1) is 12.6 Å². The molecule has 6 heteroatoms. The predicted octanol–water partition coefficient (Wildman–Crippen LogP) is 1.01. The molecule has 1 atom stereocenters. The van der Waals surface area contributed by atoms with Crippen molar-refractivity contribution in [3.8, 4) is 0 Å². The summed E-state index contributed by atoms with van der Waals surface area (Å²) in [5.74, 6) is 2.18. The van der Waals surface area contributed by atoms with E-state index < -0.39 is 0 Å². The molecule has 0 aromatic carbocycles. The van der Waals surface area contributed by atoms with Gasteiger partial charge in [-0.1, -0.05) is 5.16 Å². The van der Waals surface area contributed by atoms with Gasteiger partial charge >= 0.3 is 0 Å². The molecule has 0 saturated carbocycles. The molecule has 2 N–H and O–H groups in total. The van der Waals surface area contributed by atoms with E-state index in [2.05, 4.69) is 10.1 Å². The van der Waals surface area contributed by atoms with Crippen molar-refractivity contribution in [3.05, 3.63) is 11.7 Å². The number of thioether (sulfide) groups is 1. The first-order valence-corrected chi connectivity index (χ1v) is 6.23. The van der Waals surface area contributed by atoms with Crippen LogP contribution in [0.5, 0.6) is 0 Å². The molecule has 0 spiro atoms. The second kappa shape index (κ2) is 6.81. The zero-order valence-corrected chi connectivity index (χ0v) is 9.92. The van der Waals surface area contributed by atoms with Gasteiger partial charge < -0.3 is 15.0 Å². The second-order valence-electron chi connectivity index (χ2n) is 3.18. The van der Waals surface area contributed by atoms with Crippen LogP contribution in [0.4, 0.5) is 0 Å². The van der Waals surface area contributed by atoms with Gasteiger partial charge in [-0.2, -0.15) is 16.7 Å². The van der Waals surface area contributed by atoms with E-state index >= 15 is 0 Å². The highest BCUT2D eigenvalue weighted by atomic mass is 32.2. The summed E-state index contributed by atoms with van der Waals surface area (Å²) < 4.78 is 9.99. The molecular formula is C9H17N3O2S. The van der Waals surface area contributed by atoms with E-state index in [1.54, 1.807) is 18.9 Å². The lowest BCUT2D eigenvalue weighted by atomic mass is 10.2. The molecule has 0 amide bonds. The quantitative estimate of drug-likeness (QED) is 0.755. The summed E-state index contributed by atoms with van der Waals surface area (Å²) in [5.41, 5.74) is 5.88. The molecule has 5 nitrogen and oxygen atoms in total. The summed E-state index contributed by atoms with van der Waals surface area (Å²) in [6, 6.07) is -0.152. The third kappa shape index (κ3) is 4.19. The minimum Gasteiger partial charge on any atom is -0.384 e. The number of hydrogen-bond acceptors (Lipinski definition) is 6. The SMILES string of the molecule is COCCc1noc(C(N)CCSC)n1. The molecule has 0 aliphatic rings. The third-order valence-corrected chi connectivity index (χ3v) is 2.61. The van der Waals surface area contributed by atoms with Crippen molar-refractivity contribution in [2.45, 2.75) is 18.9 Å². The lowest BCUT2D eigenvalue weighted by Crippen LogP contribution is -2.11. The smallest absolute Gasteiger partial charge is 0.243 e. The summed E-state index contributed by atoms with van der Waals surface area (Å²) in [7, 11) is 1.64. The first-order chi connectivity index (χ1) is 7.27. The van der Waals surface area contributed by atoms with E-state index in [-0.39, 0.29) is 6.04 Å². The van der Waals surface area contributed by atoms with E-state index in [1.807, 2.05) is 6.26 Å². The van der Waals surface area contributed by atoms with Gasteiger partial charge in [0.2, 0.25) is 5.89 Å². The molecule has 1 unspecified atom stereocenters. The Morgan fingerprint density at radius 1 is 1.60 bits per heavy atom. The van der Waals surface area contributed by atoms with Crippen LogP contribution in [0.2, 0.25) is 0 Å². The van der Waals surface area contributed by atoms with Gasteiger partial charge in [-0.25, -0.2) is 0 Å². The number of methoxy groups -OCH3 is 1. The largest absolute Gasteiger partial charge is 0.384 e. The van der Waals surface area contributed by atoms with E-state index in [0.717, 1.165) is 12.2 Å². The highest BCUT2D eigenvalue weighted by Crippen LogP contribution is 2.13. The highest BCUT2D eigenvalue weighted by Gasteiger charge is 2.13. The molecule has 0 bridgehead atoms. The zero-order valence-electron chi connectivity index (χ0n) is 9.10. The second-order valence-corrected chi connectivity index (χ2v) is 4.17. The molecule has 0 aliphatic carbocycles. The first-order valence-electron chi connectivity index (χ1n) is 4.84. The van der Waals surface area contributed by atoms with Crippen molar-refractivity contribution >= 4 is 11.8 Å². The van der Waals surface area contributed by atoms with Gasteiger partial charge in [0.25, 0.3) is 0 Å². The Hall–Kier alpha value is -0.590. The minimum absolute atomic E-state index is 0.152. The molecule has 1 aromatic heterocycles. The Bertz CT molecular complexity index is 280. The maximum absolute atomic E-state index is 5.88. The van der Waals surface area contributed by atoms with Crippen molar-refractivity contribution in [3.63, 3.8) is 0 Å². The molecule has 15 heavy (non-hydrogen) atoms. The Morgan fingerprint density at radius 2 is 2.40 bits per heavy atom. The number of nitrogens with zero attached hydrogens (tertiary/aromatic N) is 2. The fourth-order valence-corrected chi connectivity index (χ4v) is 1.57. The average molecular weight is 231 g/mol. The summed E-state index contributed by atoms with van der Waals surface area (Å²) in [4.78, 5) is 4.21. The lowest BCUT2D eigenvalue weighted by Gasteiger charge is -2.03. The first kappa shape index (κ1) is 12.5. The standard InChI is InChI=1S/C9H17N3O2S/c1-13-5-3-8-11-9(14-12-8)7(10)4-6-15-2/h7H,3-6,10H2,1-2H3.